The Morgan fingerprint density at radius 1 is 1.17 bits per heavy atom. The van der Waals surface area contributed by atoms with Gasteiger partial charge in [-0.15, -0.1) is 0 Å². The zero-order chi connectivity index (χ0) is 29.8. The van der Waals surface area contributed by atoms with Crippen LogP contribution in [0.3, 0.4) is 0 Å². The van der Waals surface area contributed by atoms with E-state index in [2.05, 4.69) is 42.5 Å². The molecule has 2 N–H and O–H groups in total. The molecule has 2 aliphatic heterocycles. The number of amides is 1. The van der Waals surface area contributed by atoms with Crippen molar-refractivity contribution >= 4 is 34.6 Å². The van der Waals surface area contributed by atoms with Crippen LogP contribution in [0.4, 0.5) is 5.69 Å². The summed E-state index contributed by atoms with van der Waals surface area (Å²) in [5, 5.41) is 11.7. The van der Waals surface area contributed by atoms with E-state index in [4.69, 9.17) is 16.3 Å². The van der Waals surface area contributed by atoms with Crippen LogP contribution in [-0.4, -0.2) is 46.6 Å². The highest BCUT2D eigenvalue weighted by molar-refractivity contribution is 7.90. The average molecular weight is 613 g/mol. The predicted molar refractivity (Wildman–Crippen MR) is 172 cm³/mol. The minimum Gasteiger partial charge on any atom is -0.593 e. The Balaban J connectivity index is 1.50. The number of allylic oxidation sites excluding steroid dienone is 1. The standard InChI is InChI=1S/C34H45ClN2O4S/c1-4-7-23-17-27(35)12-14-29(23)26-20-37-19-25-10-13-30(25)32(38)9-6-5-8-28(16-22(2)3)42(40)36-34(39)24-11-15-33(41-21-26)31(37)18-24/h6,9,11-12,14-15,17-18,22,25-26,28,30,32,38H,4-5,7-8,10,13,16,19-21H2,1-3H3,(H,36,39)/b9-6+/t25?,26?,28-,30?,32?,42?/m0/s1. The van der Waals surface area contributed by atoms with Crippen molar-refractivity contribution < 1.29 is 19.2 Å². The number of halogens is 1. The van der Waals surface area contributed by atoms with Crippen LogP contribution in [0, 0.1) is 17.8 Å². The van der Waals surface area contributed by atoms with Crippen LogP contribution in [0.15, 0.2) is 48.6 Å². The first kappa shape index (κ1) is 31.2. The third kappa shape index (κ3) is 7.29. The molecule has 1 saturated carbocycles. The largest absolute Gasteiger partial charge is 0.593 e. The van der Waals surface area contributed by atoms with Crippen LogP contribution in [0.5, 0.6) is 5.75 Å². The van der Waals surface area contributed by atoms with Crippen LogP contribution >= 0.6 is 11.6 Å². The summed E-state index contributed by atoms with van der Waals surface area (Å²) in [6.07, 6.45) is 9.67. The Morgan fingerprint density at radius 3 is 2.74 bits per heavy atom. The van der Waals surface area contributed by atoms with E-state index in [1.54, 1.807) is 6.07 Å². The number of benzene rings is 2. The Bertz CT molecular complexity index is 1270. The van der Waals surface area contributed by atoms with E-state index < -0.39 is 17.5 Å². The number of anilines is 1. The summed E-state index contributed by atoms with van der Waals surface area (Å²) < 4.78 is 22.6. The van der Waals surface area contributed by atoms with Gasteiger partial charge in [-0.1, -0.05) is 57.0 Å². The molecule has 42 heavy (non-hydrogen) atoms. The van der Waals surface area contributed by atoms with Gasteiger partial charge in [-0.05, 0) is 91.3 Å². The molecule has 0 aromatic heterocycles. The maximum Gasteiger partial charge on any atom is 0.292 e. The quantitative estimate of drug-likeness (QED) is 0.286. The van der Waals surface area contributed by atoms with Crippen LogP contribution in [-0.2, 0) is 17.8 Å². The fraction of sp³-hybridized carbons (Fsp3) is 0.559. The van der Waals surface area contributed by atoms with Crippen LogP contribution in [0.25, 0.3) is 0 Å². The summed E-state index contributed by atoms with van der Waals surface area (Å²) in [6, 6.07) is 11.7. The summed E-state index contributed by atoms with van der Waals surface area (Å²) in [7, 11) is 0. The Labute approximate surface area is 259 Å². The zero-order valence-corrected chi connectivity index (χ0v) is 26.6. The summed E-state index contributed by atoms with van der Waals surface area (Å²) >= 11 is 4.88. The molecule has 2 aromatic rings. The predicted octanol–water partition coefficient (Wildman–Crippen LogP) is 6.82. The topological polar surface area (TPSA) is 84.9 Å². The van der Waals surface area contributed by atoms with Crippen molar-refractivity contribution in [3.05, 3.63) is 70.3 Å². The first-order valence-electron chi connectivity index (χ1n) is 15.6. The molecule has 228 valence electrons. The lowest BCUT2D eigenvalue weighted by molar-refractivity contribution is 0.0461. The van der Waals surface area contributed by atoms with E-state index >= 15 is 0 Å². The van der Waals surface area contributed by atoms with E-state index in [0.29, 0.717) is 30.4 Å². The van der Waals surface area contributed by atoms with E-state index in [0.717, 1.165) is 68.1 Å². The van der Waals surface area contributed by atoms with Gasteiger partial charge in [0.05, 0.1) is 29.8 Å². The molecule has 8 heteroatoms. The van der Waals surface area contributed by atoms with Gasteiger partial charge in [0, 0.05) is 36.0 Å². The van der Waals surface area contributed by atoms with Crippen LogP contribution < -0.4 is 14.4 Å². The van der Waals surface area contributed by atoms with Gasteiger partial charge < -0.3 is 19.3 Å². The maximum absolute atomic E-state index is 13.4. The van der Waals surface area contributed by atoms with Crippen LogP contribution in [0.2, 0.25) is 5.02 Å². The summed E-state index contributed by atoms with van der Waals surface area (Å²) in [4.78, 5) is 15.8. The molecule has 2 heterocycles. The van der Waals surface area contributed by atoms with Crippen molar-refractivity contribution in [1.82, 2.24) is 4.72 Å². The molecule has 1 aliphatic carbocycles. The zero-order valence-electron chi connectivity index (χ0n) is 25.1. The highest BCUT2D eigenvalue weighted by atomic mass is 35.5. The first-order chi connectivity index (χ1) is 20.2. The molecule has 2 bridgehead atoms. The lowest BCUT2D eigenvalue weighted by Gasteiger charge is -2.42. The summed E-state index contributed by atoms with van der Waals surface area (Å²) in [5.41, 5.74) is 3.86. The fourth-order valence-electron chi connectivity index (χ4n) is 6.74. The highest BCUT2D eigenvalue weighted by Gasteiger charge is 2.38. The van der Waals surface area contributed by atoms with Gasteiger partial charge in [0.15, 0.2) is 0 Å². The molecule has 0 spiro atoms. The van der Waals surface area contributed by atoms with E-state index in [-0.39, 0.29) is 23.0 Å². The van der Waals surface area contributed by atoms with Crippen molar-refractivity contribution in [2.75, 3.05) is 24.6 Å². The third-order valence-corrected chi connectivity index (χ3v) is 10.8. The maximum atomic E-state index is 13.4. The van der Waals surface area contributed by atoms with Crippen molar-refractivity contribution in [2.45, 2.75) is 83.0 Å². The Hall–Kier alpha value is -2.19. The lowest BCUT2D eigenvalue weighted by Crippen LogP contribution is -2.44. The van der Waals surface area contributed by atoms with Crippen molar-refractivity contribution in [3.63, 3.8) is 0 Å². The number of aryl methyl sites for hydroxylation is 1. The number of ether oxygens (including phenoxy) is 1. The molecule has 0 saturated heterocycles. The van der Waals surface area contributed by atoms with E-state index in [9.17, 15) is 14.5 Å². The van der Waals surface area contributed by atoms with Crippen molar-refractivity contribution in [2.24, 2.45) is 17.8 Å². The number of hydrogen-bond acceptors (Lipinski definition) is 5. The third-order valence-electron chi connectivity index (χ3n) is 9.10. The minimum absolute atomic E-state index is 0.117. The number of nitrogens with one attached hydrogen (secondary N) is 1. The van der Waals surface area contributed by atoms with Gasteiger partial charge in [-0.2, -0.15) is 4.72 Å². The van der Waals surface area contributed by atoms with Crippen LogP contribution in [0.1, 0.15) is 86.7 Å². The molecular formula is C34H45ClN2O4S. The molecule has 6 atom stereocenters. The van der Waals surface area contributed by atoms with Gasteiger partial charge in [-0.3, -0.25) is 4.79 Å². The molecule has 0 radical (unpaired) electrons. The molecule has 1 fully saturated rings. The fourth-order valence-corrected chi connectivity index (χ4v) is 8.31. The Morgan fingerprint density at radius 2 is 2.00 bits per heavy atom. The number of carbonyl (C=O) groups excluding carboxylic acids is 1. The van der Waals surface area contributed by atoms with Gasteiger partial charge in [0.25, 0.3) is 5.91 Å². The monoisotopic (exact) mass is 612 g/mol. The number of nitrogens with zero attached hydrogens (tertiary/aromatic N) is 1. The molecule has 6 nitrogen and oxygen atoms in total. The summed E-state index contributed by atoms with van der Waals surface area (Å²) in [6.45, 7) is 8.42. The van der Waals surface area contributed by atoms with Gasteiger partial charge in [0.2, 0.25) is 0 Å². The SMILES string of the molecule is CCCc1cc(Cl)ccc1C1COc2ccc3cc2N(C1)CC1CCC1C(O)/C=C/CC[C@@H](CC(C)C)[S+]([O-])NC3=O. The number of carbonyl (C=O) groups is 1. The second-order valence-electron chi connectivity index (χ2n) is 12.7. The normalized spacial score (nSPS) is 29.1. The van der Waals surface area contributed by atoms with Crippen molar-refractivity contribution in [3.8, 4) is 5.75 Å². The first-order valence-corrected chi connectivity index (χ1v) is 17.2. The van der Waals surface area contributed by atoms with E-state index in [1.165, 1.54) is 11.1 Å². The van der Waals surface area contributed by atoms with E-state index in [1.807, 2.05) is 30.4 Å². The highest BCUT2D eigenvalue weighted by Crippen LogP contribution is 2.42. The number of hydrogen-bond donors (Lipinski definition) is 2. The second-order valence-corrected chi connectivity index (χ2v) is 14.6. The van der Waals surface area contributed by atoms with Crippen molar-refractivity contribution in [1.29, 1.82) is 0 Å². The number of aliphatic hydroxyl groups excluding tert-OH is 1. The molecule has 3 aliphatic rings. The lowest BCUT2D eigenvalue weighted by atomic mass is 9.70. The second kappa shape index (κ2) is 14.1. The molecule has 2 aromatic carbocycles. The molecular weight excluding hydrogens is 568 g/mol. The van der Waals surface area contributed by atoms with Gasteiger partial charge in [0.1, 0.15) is 11.0 Å². The molecule has 5 unspecified atom stereocenters. The Kier molecular flexibility index (Phi) is 10.5. The average Bonchev–Trinajstić information content (AvgIpc) is 3.11. The van der Waals surface area contributed by atoms with Gasteiger partial charge >= 0.3 is 0 Å². The number of aliphatic hydroxyl groups is 1. The van der Waals surface area contributed by atoms with Gasteiger partial charge in [-0.25, -0.2) is 0 Å². The molecule has 5 rings (SSSR count). The number of fused-ring (bicyclic) bond motifs is 2. The summed E-state index contributed by atoms with van der Waals surface area (Å²) in [5.74, 6) is 1.43. The molecule has 1 amide bonds. The minimum atomic E-state index is -1.52. The number of rotatable bonds is 5. The smallest absolute Gasteiger partial charge is 0.292 e.